The van der Waals surface area contributed by atoms with Crippen LogP contribution in [0.2, 0.25) is 0 Å². The van der Waals surface area contributed by atoms with Gasteiger partial charge in [0.05, 0.1) is 43.3 Å². The van der Waals surface area contributed by atoms with Crippen LogP contribution < -0.4 is 33.1 Å². The lowest BCUT2D eigenvalue weighted by molar-refractivity contribution is -0.133. The molecule has 0 radical (unpaired) electrons. The van der Waals surface area contributed by atoms with Gasteiger partial charge in [0.25, 0.3) is 5.91 Å². The zero-order valence-corrected chi connectivity index (χ0v) is 37.4. The summed E-state index contributed by atoms with van der Waals surface area (Å²) in [6, 6.07) is 19.2. The Kier molecular flexibility index (Phi) is 16.5. The van der Waals surface area contributed by atoms with Crippen molar-refractivity contribution in [1.29, 1.82) is 0 Å². The second-order valence-electron chi connectivity index (χ2n) is 17.8. The average Bonchev–Trinajstić information content (AvgIpc) is 3.74. The molecule has 2 aliphatic heterocycles. The number of amides is 4. The monoisotopic (exact) mass is 899 g/mol. The van der Waals surface area contributed by atoms with Gasteiger partial charge in [-0.1, -0.05) is 73.9 Å². The van der Waals surface area contributed by atoms with Gasteiger partial charge in [0, 0.05) is 30.2 Å². The van der Waals surface area contributed by atoms with Gasteiger partial charge in [0.2, 0.25) is 17.7 Å². The van der Waals surface area contributed by atoms with E-state index in [1.807, 2.05) is 69.3 Å². The Morgan fingerprint density at radius 1 is 0.953 bits per heavy atom. The molecule has 4 amide bonds. The zero-order chi connectivity index (χ0) is 46.0. The molecule has 2 aromatic carbocycles. The quantitative estimate of drug-likeness (QED) is 0.0962. The van der Waals surface area contributed by atoms with Gasteiger partial charge in [-0.05, 0) is 75.6 Å². The largest absolute Gasteiger partial charge is 0.393 e. The molecule has 64 heavy (non-hydrogen) atoms. The van der Waals surface area contributed by atoms with E-state index in [4.69, 9.17) is 21.3 Å². The summed E-state index contributed by atoms with van der Waals surface area (Å²) in [5.41, 5.74) is 11.4. The molecule has 3 aliphatic rings. The van der Waals surface area contributed by atoms with E-state index in [9.17, 15) is 29.1 Å². The van der Waals surface area contributed by atoms with Crippen molar-refractivity contribution in [3.05, 3.63) is 101 Å². The fourth-order valence-corrected chi connectivity index (χ4v) is 9.64. The minimum atomic E-state index is -1.30. The van der Waals surface area contributed by atoms with Crippen LogP contribution in [0.5, 0.6) is 0 Å². The van der Waals surface area contributed by atoms with Crippen LogP contribution in [0.15, 0.2) is 83.8 Å². The summed E-state index contributed by atoms with van der Waals surface area (Å²) in [6.07, 6.45) is 5.62. The smallest absolute Gasteiger partial charge is 0.350 e. The molecule has 0 spiro atoms. The summed E-state index contributed by atoms with van der Waals surface area (Å²) >= 11 is 1.39. The Morgan fingerprint density at radius 3 is 2.36 bits per heavy atom. The van der Waals surface area contributed by atoms with Crippen molar-refractivity contribution in [3.63, 3.8) is 0 Å². The summed E-state index contributed by atoms with van der Waals surface area (Å²) < 4.78 is 6.70. The van der Waals surface area contributed by atoms with Gasteiger partial charge in [-0.15, -0.1) is 11.8 Å². The first-order valence-electron chi connectivity index (χ1n) is 21.8. The molecule has 7 rings (SSSR count). The maximum Gasteiger partial charge on any atom is 0.350 e. The molecule has 18 heteroatoms. The number of nitrogens with zero attached hydrogens (tertiary/aromatic N) is 4. The lowest BCUT2D eigenvalue weighted by atomic mass is 9.72. The van der Waals surface area contributed by atoms with Crippen molar-refractivity contribution in [2.45, 2.75) is 106 Å². The number of nitrogens with two attached hydrogens (primary N) is 2. The third-order valence-electron chi connectivity index (χ3n) is 11.7. The number of nitrogens with one attached hydrogen (secondary N) is 3. The summed E-state index contributed by atoms with van der Waals surface area (Å²) in [7, 11) is 0. The maximum absolute atomic E-state index is 13.8. The van der Waals surface area contributed by atoms with Crippen LogP contribution in [-0.4, -0.2) is 115 Å². The lowest BCUT2D eigenvalue weighted by Gasteiger charge is -2.47. The molecule has 0 unspecified atom stereocenters. The summed E-state index contributed by atoms with van der Waals surface area (Å²) in [4.78, 5) is 74.4. The molecule has 4 aromatic rings. The fraction of sp³-hybridized carbons (Fsp3) is 0.500. The number of fused-ring (bicyclic) bond motifs is 2. The van der Waals surface area contributed by atoms with Crippen molar-refractivity contribution in [2.24, 2.45) is 17.6 Å². The third-order valence-corrected chi connectivity index (χ3v) is 13.0. The molecule has 4 heterocycles. The van der Waals surface area contributed by atoms with E-state index in [2.05, 4.69) is 30.8 Å². The number of likely N-dealkylation sites (tertiary alicyclic amines) is 1. The fourth-order valence-electron chi connectivity index (χ4n) is 8.59. The molecular formula is C46H61N9O8S. The molecule has 2 saturated heterocycles. The maximum atomic E-state index is 13.8. The van der Waals surface area contributed by atoms with E-state index >= 15 is 0 Å². The highest BCUT2D eigenvalue weighted by atomic mass is 32.2. The molecule has 3 fully saturated rings. The number of aliphatic hydroxyl groups excluding tert-OH is 2. The van der Waals surface area contributed by atoms with Crippen LogP contribution in [0.4, 0.5) is 5.82 Å². The van der Waals surface area contributed by atoms with E-state index in [1.165, 1.54) is 22.7 Å². The highest BCUT2D eigenvalue weighted by Gasteiger charge is 2.42. The second-order valence-corrected chi connectivity index (χ2v) is 19.1. The number of β-amino-alcohol motifs (C(OH)–C–C–N with tert-alkyl or cyclic N) is 1. The van der Waals surface area contributed by atoms with Crippen molar-refractivity contribution in [1.82, 2.24) is 35.4 Å². The van der Waals surface area contributed by atoms with Crippen molar-refractivity contribution >= 4 is 52.1 Å². The van der Waals surface area contributed by atoms with Crippen LogP contribution in [0.25, 0.3) is 10.9 Å². The molecule has 1 saturated carbocycles. The molecule has 17 nitrogen and oxygen atoms in total. The molecule has 9 N–H and O–H groups in total. The Balaban J connectivity index is 0.000000380. The number of hydrogen-bond donors (Lipinski definition) is 7. The van der Waals surface area contributed by atoms with Gasteiger partial charge in [0.1, 0.15) is 28.4 Å². The van der Waals surface area contributed by atoms with Gasteiger partial charge in [-0.25, -0.2) is 9.78 Å². The van der Waals surface area contributed by atoms with Crippen LogP contribution in [-0.2, 0) is 25.5 Å². The first kappa shape index (κ1) is 48.1. The number of anilines is 1. The van der Waals surface area contributed by atoms with Crippen LogP contribution in [0.1, 0.15) is 80.7 Å². The van der Waals surface area contributed by atoms with Gasteiger partial charge in [-0.2, -0.15) is 4.98 Å². The topological polar surface area (TPSA) is 257 Å². The minimum Gasteiger partial charge on any atom is -0.393 e. The summed E-state index contributed by atoms with van der Waals surface area (Å²) in [5.74, 6) is -0.988. The first-order valence-corrected chi connectivity index (χ1v) is 22.8. The highest BCUT2D eigenvalue weighted by Crippen LogP contribution is 2.39. The van der Waals surface area contributed by atoms with E-state index in [-0.39, 0.29) is 47.8 Å². The zero-order valence-electron chi connectivity index (χ0n) is 36.6. The standard InChI is InChI=1S/C38H50N6O5.C8H11N3O3S/c1-38(2,3)43-37(49)32-20-26-14-7-8-15-27(26)22-44(32)23-33(45)30(19-24-11-5-4-6-12-24)41-36(48)31(21-34(39)46)42-35(47)29-18-17-25-13-9-10-16-28(25)40-29;9-5-1-2-11(8(13)10-5)6-4-14-7(3-12)15-6/h4-6,9-13,16-18,26-27,30-33,45H,7-8,14-15,19-23H2,1-3H3,(H2,39,46)(H,41,48)(H,42,47)(H,43,49);1-2,6-7,12H,3-4H2,(H2,9,10,13)/t26-,27+,30-,31-,32-,33+;6-,7-/m01/s1. The number of carbonyl (C=O) groups excluding carboxylic acids is 4. The average molecular weight is 900 g/mol. The van der Waals surface area contributed by atoms with E-state index in [0.29, 0.717) is 30.5 Å². The predicted molar refractivity (Wildman–Crippen MR) is 245 cm³/mol. The number of ether oxygens (including phenoxy) is 1. The molecule has 2 aromatic heterocycles. The Hall–Kier alpha value is -5.40. The molecule has 0 bridgehead atoms. The minimum absolute atomic E-state index is 0.0566. The normalized spacial score (nSPS) is 22.5. The van der Waals surface area contributed by atoms with Crippen molar-refractivity contribution in [2.75, 3.05) is 32.0 Å². The highest BCUT2D eigenvalue weighted by molar-refractivity contribution is 8.00. The van der Waals surface area contributed by atoms with Gasteiger partial charge in [0.15, 0.2) is 0 Å². The Labute approximate surface area is 377 Å². The number of benzene rings is 2. The van der Waals surface area contributed by atoms with Crippen molar-refractivity contribution in [3.8, 4) is 0 Å². The summed E-state index contributed by atoms with van der Waals surface area (Å²) in [5, 5.41) is 30.1. The number of hydrogen-bond acceptors (Lipinski definition) is 13. The number of thioether (sulfide) groups is 1. The first-order chi connectivity index (χ1) is 30.6. The number of rotatable bonds is 14. The SMILES string of the molecule is CC(C)(C)NC(=O)[C@@H]1C[C@@H]2CCCC[C@@H]2CN1C[C@@H](O)[C@H](Cc1ccccc1)NC(=O)[C@H](CC(N)=O)NC(=O)c1ccc2ccccc2n1.Nc1ccn([C@H]2CO[C@@H](CO)S2)c(=O)n1. The van der Waals surface area contributed by atoms with Gasteiger partial charge >= 0.3 is 5.69 Å². The molecule has 344 valence electrons. The summed E-state index contributed by atoms with van der Waals surface area (Å²) in [6.45, 7) is 7.06. The number of aliphatic hydroxyl groups is 2. The third kappa shape index (κ3) is 13.3. The number of carbonyl (C=O) groups is 4. The Morgan fingerprint density at radius 2 is 1.67 bits per heavy atom. The van der Waals surface area contributed by atoms with E-state index in [1.54, 1.807) is 30.5 Å². The number of piperidine rings is 1. The van der Waals surface area contributed by atoms with Crippen LogP contribution in [0, 0.1) is 11.8 Å². The number of para-hydroxylation sites is 1. The molecular weight excluding hydrogens is 839 g/mol. The number of pyridine rings is 1. The predicted octanol–water partition coefficient (Wildman–Crippen LogP) is 2.50. The van der Waals surface area contributed by atoms with E-state index < -0.39 is 59.6 Å². The van der Waals surface area contributed by atoms with Gasteiger partial charge < -0.3 is 42.4 Å². The van der Waals surface area contributed by atoms with E-state index in [0.717, 1.165) is 36.6 Å². The lowest BCUT2D eigenvalue weighted by Crippen LogP contribution is -2.61. The van der Waals surface area contributed by atoms with Gasteiger partial charge in [-0.3, -0.25) is 28.6 Å². The van der Waals surface area contributed by atoms with Crippen LogP contribution >= 0.6 is 11.8 Å². The molecule has 1 aliphatic carbocycles. The van der Waals surface area contributed by atoms with Crippen molar-refractivity contribution < 1.29 is 34.1 Å². The Bertz CT molecular complexity index is 2290. The number of nitrogen functional groups attached to an aromatic ring is 1. The van der Waals surface area contributed by atoms with Crippen LogP contribution in [0.3, 0.4) is 0 Å². The number of primary amides is 1. The molecule has 8 atom stereocenters. The second kappa shape index (κ2) is 22.0. The number of aromatic nitrogens is 3.